The minimum atomic E-state index is 0.237. The highest BCUT2D eigenvalue weighted by molar-refractivity contribution is 5.76. The zero-order valence-corrected chi connectivity index (χ0v) is 12.3. The summed E-state index contributed by atoms with van der Waals surface area (Å²) >= 11 is 0. The molecule has 0 spiro atoms. The van der Waals surface area contributed by atoms with Gasteiger partial charge in [-0.05, 0) is 70.2 Å². The number of piperidine rings is 1. The summed E-state index contributed by atoms with van der Waals surface area (Å²) in [6, 6.07) is 0. The van der Waals surface area contributed by atoms with Gasteiger partial charge in [-0.3, -0.25) is 4.79 Å². The summed E-state index contributed by atoms with van der Waals surface area (Å²) in [7, 11) is 0. The number of rotatable bonds is 6. The maximum atomic E-state index is 11.7. The molecule has 0 aromatic heterocycles. The number of likely N-dealkylation sites (tertiary alicyclic amines) is 1. The third-order valence-electron chi connectivity index (χ3n) is 4.49. The Labute approximate surface area is 117 Å². The van der Waals surface area contributed by atoms with Crippen molar-refractivity contribution in [3.8, 4) is 0 Å². The predicted octanol–water partition coefficient (Wildman–Crippen LogP) is 1.22. The molecule has 4 nitrogen and oxygen atoms in total. The number of hydrogen-bond donors (Lipinski definition) is 2. The van der Waals surface area contributed by atoms with E-state index in [2.05, 4.69) is 22.5 Å². The first-order valence-corrected chi connectivity index (χ1v) is 7.94. The van der Waals surface area contributed by atoms with E-state index in [-0.39, 0.29) is 5.91 Å². The molecule has 2 fully saturated rings. The highest BCUT2D eigenvalue weighted by Crippen LogP contribution is 2.15. The molecule has 0 aliphatic carbocycles. The lowest BCUT2D eigenvalue weighted by Gasteiger charge is -2.30. The summed E-state index contributed by atoms with van der Waals surface area (Å²) in [5, 5.41) is 6.37. The van der Waals surface area contributed by atoms with Crippen LogP contribution in [0.15, 0.2) is 0 Å². The zero-order chi connectivity index (χ0) is 13.5. The molecule has 2 aliphatic rings. The van der Waals surface area contributed by atoms with Crippen LogP contribution in [0.1, 0.15) is 39.0 Å². The molecule has 2 aliphatic heterocycles. The van der Waals surface area contributed by atoms with Crippen LogP contribution in [0, 0.1) is 11.8 Å². The standard InChI is InChI=1S/C15H29N3O/c1-13-4-9-18(10-5-13)8-2-6-17-15(19)11-14-3-7-16-12-14/h13-14,16H,2-12H2,1H3,(H,17,19). The van der Waals surface area contributed by atoms with Crippen LogP contribution >= 0.6 is 0 Å². The Morgan fingerprint density at radius 1 is 1.32 bits per heavy atom. The average Bonchev–Trinajstić information content (AvgIpc) is 2.89. The summed E-state index contributed by atoms with van der Waals surface area (Å²) < 4.78 is 0. The number of hydrogen-bond acceptors (Lipinski definition) is 3. The number of carbonyl (C=O) groups is 1. The lowest BCUT2D eigenvalue weighted by Crippen LogP contribution is -2.35. The molecular weight excluding hydrogens is 238 g/mol. The van der Waals surface area contributed by atoms with Crippen molar-refractivity contribution in [1.29, 1.82) is 0 Å². The summed E-state index contributed by atoms with van der Waals surface area (Å²) in [4.78, 5) is 14.3. The van der Waals surface area contributed by atoms with Crippen molar-refractivity contribution in [2.45, 2.75) is 39.0 Å². The number of amides is 1. The third-order valence-corrected chi connectivity index (χ3v) is 4.49. The van der Waals surface area contributed by atoms with Crippen molar-refractivity contribution >= 4 is 5.91 Å². The van der Waals surface area contributed by atoms with Crippen LogP contribution in [0.25, 0.3) is 0 Å². The highest BCUT2D eigenvalue weighted by Gasteiger charge is 2.18. The van der Waals surface area contributed by atoms with Crippen molar-refractivity contribution in [2.75, 3.05) is 39.3 Å². The predicted molar refractivity (Wildman–Crippen MR) is 78.1 cm³/mol. The smallest absolute Gasteiger partial charge is 0.220 e. The van der Waals surface area contributed by atoms with Crippen molar-refractivity contribution in [1.82, 2.24) is 15.5 Å². The Balaban J connectivity index is 1.48. The first-order valence-electron chi connectivity index (χ1n) is 7.94. The summed E-state index contributed by atoms with van der Waals surface area (Å²) in [5.74, 6) is 1.69. The maximum absolute atomic E-state index is 11.7. The van der Waals surface area contributed by atoms with Gasteiger partial charge in [0.1, 0.15) is 0 Å². The number of carbonyl (C=O) groups excluding carboxylic acids is 1. The molecule has 19 heavy (non-hydrogen) atoms. The van der Waals surface area contributed by atoms with Crippen LogP contribution in [0.2, 0.25) is 0 Å². The molecule has 0 radical (unpaired) electrons. The van der Waals surface area contributed by atoms with Crippen molar-refractivity contribution < 1.29 is 4.79 Å². The third kappa shape index (κ3) is 5.49. The molecule has 0 bridgehead atoms. The van der Waals surface area contributed by atoms with Crippen LogP contribution in [0.4, 0.5) is 0 Å². The molecule has 0 aromatic rings. The molecule has 2 rings (SSSR count). The Morgan fingerprint density at radius 3 is 2.79 bits per heavy atom. The second-order valence-corrected chi connectivity index (χ2v) is 6.29. The van der Waals surface area contributed by atoms with Crippen molar-refractivity contribution in [3.05, 3.63) is 0 Å². The first kappa shape index (κ1) is 14.8. The second kappa shape index (κ2) is 7.85. The molecule has 2 saturated heterocycles. The largest absolute Gasteiger partial charge is 0.356 e. The molecule has 2 N–H and O–H groups in total. The van der Waals surface area contributed by atoms with Gasteiger partial charge in [0, 0.05) is 13.0 Å². The molecule has 1 amide bonds. The molecule has 2 heterocycles. The first-order chi connectivity index (χ1) is 9.24. The number of nitrogens with one attached hydrogen (secondary N) is 2. The van der Waals surface area contributed by atoms with Crippen LogP contribution in [0.5, 0.6) is 0 Å². The van der Waals surface area contributed by atoms with E-state index in [1.807, 2.05) is 0 Å². The quantitative estimate of drug-likeness (QED) is 0.711. The summed E-state index contributed by atoms with van der Waals surface area (Å²) in [6.45, 7) is 8.88. The van der Waals surface area contributed by atoms with E-state index in [9.17, 15) is 4.79 Å². The van der Waals surface area contributed by atoms with Gasteiger partial charge in [-0.2, -0.15) is 0 Å². The van der Waals surface area contributed by atoms with Gasteiger partial charge in [0.05, 0.1) is 0 Å². The summed E-state index contributed by atoms with van der Waals surface area (Å²) in [5.41, 5.74) is 0. The fourth-order valence-electron chi connectivity index (χ4n) is 3.04. The maximum Gasteiger partial charge on any atom is 0.220 e. The number of nitrogens with zero attached hydrogens (tertiary/aromatic N) is 1. The average molecular weight is 267 g/mol. The van der Waals surface area contributed by atoms with Gasteiger partial charge in [0.25, 0.3) is 0 Å². The normalized spacial score (nSPS) is 25.6. The van der Waals surface area contributed by atoms with E-state index < -0.39 is 0 Å². The van der Waals surface area contributed by atoms with Gasteiger partial charge >= 0.3 is 0 Å². The molecule has 1 atom stereocenters. The van der Waals surface area contributed by atoms with E-state index >= 15 is 0 Å². The monoisotopic (exact) mass is 267 g/mol. The Bertz CT molecular complexity index is 269. The van der Waals surface area contributed by atoms with E-state index in [0.29, 0.717) is 12.3 Å². The zero-order valence-electron chi connectivity index (χ0n) is 12.3. The molecule has 0 saturated carbocycles. The fraction of sp³-hybridized carbons (Fsp3) is 0.933. The molecule has 4 heteroatoms. The van der Waals surface area contributed by atoms with Gasteiger partial charge in [-0.15, -0.1) is 0 Å². The lowest BCUT2D eigenvalue weighted by molar-refractivity contribution is -0.121. The Hall–Kier alpha value is -0.610. The SMILES string of the molecule is CC1CCN(CCCNC(=O)CC2CCNC2)CC1. The Morgan fingerprint density at radius 2 is 2.11 bits per heavy atom. The van der Waals surface area contributed by atoms with E-state index in [0.717, 1.165) is 44.9 Å². The van der Waals surface area contributed by atoms with Gasteiger partial charge in [-0.1, -0.05) is 6.92 Å². The summed E-state index contributed by atoms with van der Waals surface area (Å²) in [6.07, 6.45) is 5.61. The van der Waals surface area contributed by atoms with Gasteiger partial charge in [-0.25, -0.2) is 0 Å². The van der Waals surface area contributed by atoms with E-state index in [1.54, 1.807) is 0 Å². The van der Waals surface area contributed by atoms with Crippen molar-refractivity contribution in [3.63, 3.8) is 0 Å². The minimum absolute atomic E-state index is 0.237. The molecule has 1 unspecified atom stereocenters. The van der Waals surface area contributed by atoms with Crippen LogP contribution in [0.3, 0.4) is 0 Å². The lowest BCUT2D eigenvalue weighted by atomic mass is 9.99. The molecule has 110 valence electrons. The highest BCUT2D eigenvalue weighted by atomic mass is 16.1. The fourth-order valence-corrected chi connectivity index (χ4v) is 3.04. The topological polar surface area (TPSA) is 44.4 Å². The molecule has 0 aromatic carbocycles. The van der Waals surface area contributed by atoms with Gasteiger partial charge in [0.15, 0.2) is 0 Å². The van der Waals surface area contributed by atoms with E-state index in [1.165, 1.54) is 25.9 Å². The second-order valence-electron chi connectivity index (χ2n) is 6.29. The minimum Gasteiger partial charge on any atom is -0.356 e. The van der Waals surface area contributed by atoms with Crippen molar-refractivity contribution in [2.24, 2.45) is 11.8 Å². The van der Waals surface area contributed by atoms with Gasteiger partial charge < -0.3 is 15.5 Å². The van der Waals surface area contributed by atoms with Crippen LogP contribution in [-0.4, -0.2) is 50.1 Å². The van der Waals surface area contributed by atoms with Gasteiger partial charge in [0.2, 0.25) is 5.91 Å². The van der Waals surface area contributed by atoms with E-state index in [4.69, 9.17) is 0 Å². The Kier molecular flexibility index (Phi) is 6.11. The molecular formula is C15H29N3O. The van der Waals surface area contributed by atoms with Crippen LogP contribution in [-0.2, 0) is 4.79 Å². The van der Waals surface area contributed by atoms with Crippen LogP contribution < -0.4 is 10.6 Å².